The molecule has 2 amide bonds. The summed E-state index contributed by atoms with van der Waals surface area (Å²) in [5.74, 6) is -0.655. The lowest BCUT2D eigenvalue weighted by molar-refractivity contribution is -0.138. The Hall–Kier alpha value is -2.57. The molecule has 0 spiro atoms. The lowest BCUT2D eigenvalue weighted by Crippen LogP contribution is -2.53. The fourth-order valence-corrected chi connectivity index (χ4v) is 3.13. The van der Waals surface area contributed by atoms with Crippen LogP contribution in [0.1, 0.15) is 45.6 Å². The number of rotatable bonds is 8. The number of nitrogens with zero attached hydrogens (tertiary/aromatic N) is 2. The van der Waals surface area contributed by atoms with Crippen molar-refractivity contribution >= 4 is 23.5 Å². The van der Waals surface area contributed by atoms with Crippen LogP contribution in [0.4, 0.5) is 5.69 Å². The second-order valence-electron chi connectivity index (χ2n) is 7.31. The number of carboxylic acid groups (broad SMARTS) is 1. The molecule has 1 N–H and O–H groups in total. The predicted octanol–water partition coefficient (Wildman–Crippen LogP) is 2.60. The Labute approximate surface area is 159 Å². The number of hydrogen-bond donors (Lipinski definition) is 1. The van der Waals surface area contributed by atoms with E-state index in [1.54, 1.807) is 23.6 Å². The van der Waals surface area contributed by atoms with Gasteiger partial charge in [0, 0.05) is 26.1 Å². The third-order valence-electron chi connectivity index (χ3n) is 4.52. The molecular formula is C20H28N2O5. The third kappa shape index (κ3) is 4.99. The van der Waals surface area contributed by atoms with Crippen LogP contribution in [0.5, 0.6) is 5.75 Å². The van der Waals surface area contributed by atoms with E-state index in [9.17, 15) is 14.4 Å². The largest absolute Gasteiger partial charge is 0.481 e. The van der Waals surface area contributed by atoms with Crippen molar-refractivity contribution in [2.24, 2.45) is 0 Å². The van der Waals surface area contributed by atoms with Crippen molar-refractivity contribution in [3.8, 4) is 5.75 Å². The highest BCUT2D eigenvalue weighted by molar-refractivity contribution is 6.02. The minimum absolute atomic E-state index is 0.0860. The number of hydrogen-bond acceptors (Lipinski definition) is 4. The van der Waals surface area contributed by atoms with Crippen molar-refractivity contribution < 1.29 is 24.2 Å². The number of benzene rings is 1. The molecular weight excluding hydrogens is 348 g/mol. The number of aryl methyl sites for hydroxylation is 1. The number of fused-ring (bicyclic) bond motifs is 1. The van der Waals surface area contributed by atoms with E-state index in [2.05, 4.69) is 0 Å². The second-order valence-corrected chi connectivity index (χ2v) is 7.31. The van der Waals surface area contributed by atoms with Gasteiger partial charge in [-0.05, 0) is 44.9 Å². The van der Waals surface area contributed by atoms with Crippen molar-refractivity contribution in [1.29, 1.82) is 0 Å². The molecule has 0 saturated carbocycles. The zero-order chi connectivity index (χ0) is 20.2. The highest BCUT2D eigenvalue weighted by Crippen LogP contribution is 2.38. The molecule has 0 radical (unpaired) electrons. The highest BCUT2D eigenvalue weighted by atomic mass is 16.5. The first-order valence-electron chi connectivity index (χ1n) is 9.27. The molecule has 7 heteroatoms. The average Bonchev–Trinajstić information content (AvgIpc) is 2.59. The molecule has 2 rings (SSSR count). The van der Waals surface area contributed by atoms with Gasteiger partial charge in [-0.1, -0.05) is 13.0 Å². The highest BCUT2D eigenvalue weighted by Gasteiger charge is 2.41. The first kappa shape index (κ1) is 20.7. The van der Waals surface area contributed by atoms with E-state index in [1.807, 2.05) is 32.0 Å². The molecule has 1 aromatic rings. The van der Waals surface area contributed by atoms with Gasteiger partial charge >= 0.3 is 5.97 Å². The van der Waals surface area contributed by atoms with Crippen LogP contribution in [0.3, 0.4) is 0 Å². The molecule has 148 valence electrons. The first-order valence-corrected chi connectivity index (χ1v) is 9.27. The van der Waals surface area contributed by atoms with Crippen molar-refractivity contribution in [3.63, 3.8) is 0 Å². The summed E-state index contributed by atoms with van der Waals surface area (Å²) in [5.41, 5.74) is 0.660. The average molecular weight is 376 g/mol. The molecule has 1 aliphatic rings. The number of carbonyl (C=O) groups is 3. The zero-order valence-corrected chi connectivity index (χ0v) is 16.4. The van der Waals surface area contributed by atoms with E-state index in [0.29, 0.717) is 18.0 Å². The van der Waals surface area contributed by atoms with E-state index in [1.165, 1.54) is 0 Å². The lowest BCUT2D eigenvalue weighted by Gasteiger charge is -2.39. The summed E-state index contributed by atoms with van der Waals surface area (Å²) < 4.78 is 5.82. The van der Waals surface area contributed by atoms with Gasteiger partial charge in [0.05, 0.1) is 12.1 Å². The molecule has 7 nitrogen and oxygen atoms in total. The van der Waals surface area contributed by atoms with Crippen LogP contribution in [0.2, 0.25) is 0 Å². The molecule has 0 bridgehead atoms. The predicted molar refractivity (Wildman–Crippen MR) is 102 cm³/mol. The fraction of sp³-hybridized carbons (Fsp3) is 0.550. The van der Waals surface area contributed by atoms with Gasteiger partial charge < -0.3 is 19.6 Å². The van der Waals surface area contributed by atoms with E-state index >= 15 is 0 Å². The van der Waals surface area contributed by atoms with Gasteiger partial charge in [0.25, 0.3) is 5.91 Å². The van der Waals surface area contributed by atoms with Gasteiger partial charge in [-0.25, -0.2) is 0 Å². The van der Waals surface area contributed by atoms with Gasteiger partial charge in [-0.2, -0.15) is 0 Å². The Morgan fingerprint density at radius 2 is 1.93 bits per heavy atom. The lowest BCUT2D eigenvalue weighted by atomic mass is 10.0. The van der Waals surface area contributed by atoms with Gasteiger partial charge in [-0.3, -0.25) is 14.4 Å². The van der Waals surface area contributed by atoms with Crippen LogP contribution in [0.25, 0.3) is 0 Å². The number of anilines is 1. The van der Waals surface area contributed by atoms with Gasteiger partial charge in [0.2, 0.25) is 5.91 Å². The normalized spacial score (nSPS) is 15.1. The Balaban J connectivity index is 2.15. The van der Waals surface area contributed by atoms with Crippen molar-refractivity contribution in [2.45, 2.75) is 52.6 Å². The third-order valence-corrected chi connectivity index (χ3v) is 4.52. The molecule has 1 aromatic carbocycles. The van der Waals surface area contributed by atoms with E-state index in [0.717, 1.165) is 12.0 Å². The second kappa shape index (κ2) is 8.41. The summed E-state index contributed by atoms with van der Waals surface area (Å²) in [7, 11) is 0. The van der Waals surface area contributed by atoms with Crippen LogP contribution < -0.4 is 9.64 Å². The van der Waals surface area contributed by atoms with E-state index in [-0.39, 0.29) is 37.7 Å². The summed E-state index contributed by atoms with van der Waals surface area (Å²) in [4.78, 5) is 39.4. The summed E-state index contributed by atoms with van der Waals surface area (Å²) in [5, 5.41) is 8.87. The zero-order valence-electron chi connectivity index (χ0n) is 16.4. The van der Waals surface area contributed by atoms with Gasteiger partial charge in [0.15, 0.2) is 5.60 Å². The number of carbonyl (C=O) groups excluding carboxylic acids is 2. The van der Waals surface area contributed by atoms with Crippen molar-refractivity contribution in [2.75, 3.05) is 24.5 Å². The molecule has 1 heterocycles. The molecule has 0 aromatic heterocycles. The minimum atomic E-state index is -1.00. The fourth-order valence-electron chi connectivity index (χ4n) is 3.13. The maximum absolute atomic E-state index is 12.8. The molecule has 1 aliphatic heterocycles. The van der Waals surface area contributed by atoms with E-state index < -0.39 is 11.6 Å². The van der Waals surface area contributed by atoms with Gasteiger partial charge in [0.1, 0.15) is 5.75 Å². The summed E-state index contributed by atoms with van der Waals surface area (Å²) in [6.07, 6.45) is 0.795. The maximum Gasteiger partial charge on any atom is 0.305 e. The van der Waals surface area contributed by atoms with E-state index in [4.69, 9.17) is 9.84 Å². The Morgan fingerprint density at radius 1 is 1.22 bits per heavy atom. The van der Waals surface area contributed by atoms with Crippen LogP contribution in [0, 0.1) is 6.92 Å². The standard InChI is InChI=1S/C20H28N2O5/c1-5-10-21(11-9-18(24)25)17(23)8-12-22-15-13-14(2)6-7-16(15)27-20(3,4)19(22)26/h6-7,13H,5,8-12H2,1-4H3,(H,24,25). The van der Waals surface area contributed by atoms with Gasteiger partial charge in [-0.15, -0.1) is 0 Å². The molecule has 0 aliphatic carbocycles. The SMILES string of the molecule is CCCN(CCC(=O)O)C(=O)CCN1C(=O)C(C)(C)Oc2ccc(C)cc21. The topological polar surface area (TPSA) is 87.2 Å². The first-order chi connectivity index (χ1) is 12.7. The Morgan fingerprint density at radius 3 is 2.56 bits per heavy atom. The van der Waals surface area contributed by atoms with Crippen LogP contribution in [-0.2, 0) is 14.4 Å². The molecule has 0 atom stereocenters. The molecule has 0 saturated heterocycles. The molecule has 0 fully saturated rings. The number of amides is 2. The number of ether oxygens (including phenoxy) is 1. The Kier molecular flexibility index (Phi) is 6.46. The quantitative estimate of drug-likeness (QED) is 0.754. The Bertz CT molecular complexity index is 729. The van der Waals surface area contributed by atoms with Crippen LogP contribution in [0.15, 0.2) is 18.2 Å². The van der Waals surface area contributed by atoms with Crippen molar-refractivity contribution in [3.05, 3.63) is 23.8 Å². The number of aliphatic carboxylic acids is 1. The minimum Gasteiger partial charge on any atom is -0.481 e. The maximum atomic E-state index is 12.8. The monoisotopic (exact) mass is 376 g/mol. The van der Waals surface area contributed by atoms with Crippen LogP contribution >= 0.6 is 0 Å². The smallest absolute Gasteiger partial charge is 0.305 e. The molecule has 27 heavy (non-hydrogen) atoms. The summed E-state index contributed by atoms with van der Waals surface area (Å²) in [6.45, 7) is 8.21. The number of carboxylic acids is 1. The molecule has 0 unspecified atom stereocenters. The van der Waals surface area contributed by atoms with Crippen molar-refractivity contribution in [1.82, 2.24) is 4.90 Å². The summed E-state index contributed by atoms with van der Waals surface area (Å²) in [6, 6.07) is 5.63. The summed E-state index contributed by atoms with van der Waals surface area (Å²) >= 11 is 0. The van der Waals surface area contributed by atoms with Crippen LogP contribution in [-0.4, -0.2) is 53.0 Å².